The minimum absolute atomic E-state index is 0.0329. The highest BCUT2D eigenvalue weighted by molar-refractivity contribution is 6.11. The zero-order valence-corrected chi connectivity index (χ0v) is 21.3. The molecule has 2 aromatic rings. The molecule has 2 atom stereocenters. The molecule has 7 nitrogen and oxygen atoms in total. The van der Waals surface area contributed by atoms with E-state index < -0.39 is 5.41 Å². The fourth-order valence-corrected chi connectivity index (χ4v) is 5.99. The lowest BCUT2D eigenvalue weighted by Gasteiger charge is -2.33. The fourth-order valence-electron chi connectivity index (χ4n) is 5.99. The van der Waals surface area contributed by atoms with Gasteiger partial charge in [-0.05, 0) is 55.5 Å². The maximum Gasteiger partial charge on any atom is 0.241 e. The maximum absolute atomic E-state index is 14.0. The molecular formula is C29H34N2O5. The maximum atomic E-state index is 14.0. The van der Waals surface area contributed by atoms with Crippen molar-refractivity contribution in [2.24, 2.45) is 0 Å². The molecule has 7 heteroatoms. The lowest BCUT2D eigenvalue weighted by Crippen LogP contribution is -2.46. The van der Waals surface area contributed by atoms with Crippen molar-refractivity contribution in [2.75, 3.05) is 20.3 Å². The highest BCUT2D eigenvalue weighted by Gasteiger charge is 2.56. The Bertz CT molecular complexity index is 1190. The first kappa shape index (κ1) is 24.3. The van der Waals surface area contributed by atoms with E-state index in [9.17, 15) is 14.4 Å². The quantitative estimate of drug-likeness (QED) is 0.564. The molecule has 0 unspecified atom stereocenters. The molecule has 1 saturated carbocycles. The van der Waals surface area contributed by atoms with Crippen LogP contribution in [0.15, 0.2) is 42.5 Å². The van der Waals surface area contributed by atoms with E-state index in [0.29, 0.717) is 24.7 Å². The molecule has 0 spiro atoms. The highest BCUT2D eigenvalue weighted by atomic mass is 16.6. The van der Waals surface area contributed by atoms with E-state index in [1.165, 1.54) is 4.90 Å². The zero-order chi connectivity index (χ0) is 25.4. The first-order valence-corrected chi connectivity index (χ1v) is 12.9. The fraction of sp³-hybridized carbons (Fsp3) is 0.483. The van der Waals surface area contributed by atoms with E-state index in [1.54, 1.807) is 11.9 Å². The first-order chi connectivity index (χ1) is 17.3. The lowest BCUT2D eigenvalue weighted by molar-refractivity contribution is -0.145. The van der Waals surface area contributed by atoms with Gasteiger partial charge < -0.3 is 14.4 Å². The topological polar surface area (TPSA) is 76.2 Å². The number of amides is 3. The minimum atomic E-state index is -1.18. The Balaban J connectivity index is 1.44. The number of carbonyl (C=O) groups is 3. The van der Waals surface area contributed by atoms with Crippen LogP contribution in [0.2, 0.25) is 0 Å². The standard InChI is InChI=1S/C29H34N2O5/c1-19-8-4-7-11-23(19)29(18-27(33)31(28(29)34)22-9-5-6-10-22)17-26(32)30(3)20(2)21-12-13-24-25(16-21)36-15-14-35-24/h4,7-8,11-13,16,20,22H,5-6,9-10,14-15,17-18H2,1-3H3/t20-,29-/m0/s1. The molecule has 3 aliphatic rings. The van der Waals surface area contributed by atoms with Gasteiger partial charge in [0.15, 0.2) is 11.5 Å². The SMILES string of the molecule is Cc1ccccc1[C@]1(CC(=O)N(C)[C@@H](C)c2ccc3c(c2)OCCO3)CC(=O)N(C2CCCC2)C1=O. The molecule has 190 valence electrons. The summed E-state index contributed by atoms with van der Waals surface area (Å²) in [7, 11) is 1.76. The van der Waals surface area contributed by atoms with Gasteiger partial charge in [0.2, 0.25) is 17.7 Å². The number of hydrogen-bond donors (Lipinski definition) is 0. The molecule has 0 aromatic heterocycles. The highest BCUT2D eigenvalue weighted by Crippen LogP contribution is 2.44. The van der Waals surface area contributed by atoms with Crippen LogP contribution in [0, 0.1) is 6.92 Å². The van der Waals surface area contributed by atoms with Crippen LogP contribution < -0.4 is 9.47 Å². The van der Waals surface area contributed by atoms with Gasteiger partial charge in [-0.1, -0.05) is 43.2 Å². The van der Waals surface area contributed by atoms with Crippen molar-refractivity contribution >= 4 is 17.7 Å². The summed E-state index contributed by atoms with van der Waals surface area (Å²) in [5.74, 6) is 0.821. The van der Waals surface area contributed by atoms with Crippen LogP contribution in [-0.2, 0) is 19.8 Å². The predicted octanol–water partition coefficient (Wildman–Crippen LogP) is 4.32. The number of imide groups is 1. The summed E-state index contributed by atoms with van der Waals surface area (Å²) < 4.78 is 11.3. The number of likely N-dealkylation sites (tertiary alicyclic amines) is 1. The third-order valence-electron chi connectivity index (χ3n) is 8.18. The number of nitrogens with zero attached hydrogens (tertiary/aromatic N) is 2. The van der Waals surface area contributed by atoms with Gasteiger partial charge in [0.1, 0.15) is 13.2 Å². The van der Waals surface area contributed by atoms with Crippen LogP contribution in [0.3, 0.4) is 0 Å². The number of aryl methyl sites for hydroxylation is 1. The second-order valence-corrected chi connectivity index (χ2v) is 10.3. The molecule has 2 fully saturated rings. The largest absolute Gasteiger partial charge is 0.486 e. The first-order valence-electron chi connectivity index (χ1n) is 12.9. The van der Waals surface area contributed by atoms with Crippen LogP contribution in [0.1, 0.15) is 68.2 Å². The number of fused-ring (bicyclic) bond motifs is 1. The summed E-state index contributed by atoms with van der Waals surface area (Å²) >= 11 is 0. The van der Waals surface area contributed by atoms with Gasteiger partial charge in [0.25, 0.3) is 0 Å². The van der Waals surface area contributed by atoms with Gasteiger partial charge in [0, 0.05) is 25.9 Å². The second kappa shape index (κ2) is 9.60. The van der Waals surface area contributed by atoms with Crippen molar-refractivity contribution in [3.05, 3.63) is 59.2 Å². The molecule has 3 amide bonds. The molecule has 2 aromatic carbocycles. The average molecular weight is 491 g/mol. The van der Waals surface area contributed by atoms with Crippen molar-refractivity contribution in [1.82, 2.24) is 9.80 Å². The Labute approximate surface area is 212 Å². The lowest BCUT2D eigenvalue weighted by atomic mass is 9.73. The van der Waals surface area contributed by atoms with Crippen molar-refractivity contribution in [1.29, 1.82) is 0 Å². The molecule has 0 N–H and O–H groups in total. The molecule has 0 radical (unpaired) electrons. The molecule has 1 aliphatic carbocycles. The normalized spacial score (nSPS) is 22.7. The van der Waals surface area contributed by atoms with E-state index >= 15 is 0 Å². The number of carbonyl (C=O) groups excluding carboxylic acids is 3. The summed E-state index contributed by atoms with van der Waals surface area (Å²) in [4.78, 5) is 44.2. The molecule has 2 heterocycles. The Morgan fingerprint density at radius 2 is 1.78 bits per heavy atom. The number of hydrogen-bond acceptors (Lipinski definition) is 5. The van der Waals surface area contributed by atoms with Crippen LogP contribution >= 0.6 is 0 Å². The van der Waals surface area contributed by atoms with Gasteiger partial charge in [-0.25, -0.2) is 0 Å². The minimum Gasteiger partial charge on any atom is -0.486 e. The molecular weight excluding hydrogens is 456 g/mol. The van der Waals surface area contributed by atoms with Crippen LogP contribution in [-0.4, -0.2) is 53.8 Å². The Morgan fingerprint density at radius 3 is 2.50 bits per heavy atom. The summed E-state index contributed by atoms with van der Waals surface area (Å²) in [5.41, 5.74) is 1.43. The van der Waals surface area contributed by atoms with Crippen molar-refractivity contribution in [2.45, 2.75) is 69.9 Å². The summed E-state index contributed by atoms with van der Waals surface area (Å²) in [5, 5.41) is 0. The molecule has 1 saturated heterocycles. The van der Waals surface area contributed by atoms with Gasteiger partial charge in [-0.3, -0.25) is 19.3 Å². The summed E-state index contributed by atoms with van der Waals surface area (Å²) in [6.45, 7) is 4.91. The summed E-state index contributed by atoms with van der Waals surface area (Å²) in [6, 6.07) is 13.0. The molecule has 5 rings (SSSR count). The molecule has 0 bridgehead atoms. The van der Waals surface area contributed by atoms with E-state index in [2.05, 4.69) is 0 Å². The Kier molecular flexibility index (Phi) is 6.49. The van der Waals surface area contributed by atoms with E-state index in [4.69, 9.17) is 9.47 Å². The second-order valence-electron chi connectivity index (χ2n) is 10.3. The van der Waals surface area contributed by atoms with Gasteiger partial charge in [-0.15, -0.1) is 0 Å². The number of rotatable bonds is 6. The van der Waals surface area contributed by atoms with Crippen molar-refractivity contribution in [3.63, 3.8) is 0 Å². The van der Waals surface area contributed by atoms with Crippen LogP contribution in [0.5, 0.6) is 11.5 Å². The Morgan fingerprint density at radius 1 is 1.08 bits per heavy atom. The molecule has 2 aliphatic heterocycles. The van der Waals surface area contributed by atoms with Crippen molar-refractivity contribution in [3.8, 4) is 11.5 Å². The predicted molar refractivity (Wildman–Crippen MR) is 135 cm³/mol. The Hall–Kier alpha value is -3.35. The molecule has 36 heavy (non-hydrogen) atoms. The smallest absolute Gasteiger partial charge is 0.241 e. The monoisotopic (exact) mass is 490 g/mol. The van der Waals surface area contributed by atoms with E-state index in [-0.39, 0.29) is 42.6 Å². The van der Waals surface area contributed by atoms with Crippen LogP contribution in [0.25, 0.3) is 0 Å². The zero-order valence-electron chi connectivity index (χ0n) is 21.3. The van der Waals surface area contributed by atoms with Gasteiger partial charge >= 0.3 is 0 Å². The third kappa shape index (κ3) is 4.14. The number of benzene rings is 2. The summed E-state index contributed by atoms with van der Waals surface area (Å²) in [6.07, 6.45) is 3.72. The third-order valence-corrected chi connectivity index (χ3v) is 8.18. The van der Waals surface area contributed by atoms with Crippen molar-refractivity contribution < 1.29 is 23.9 Å². The van der Waals surface area contributed by atoms with Crippen LogP contribution in [0.4, 0.5) is 0 Å². The number of ether oxygens (including phenoxy) is 2. The van der Waals surface area contributed by atoms with E-state index in [0.717, 1.165) is 42.4 Å². The average Bonchev–Trinajstić information content (AvgIpc) is 3.49. The van der Waals surface area contributed by atoms with Gasteiger partial charge in [-0.2, -0.15) is 0 Å². The van der Waals surface area contributed by atoms with E-state index in [1.807, 2.05) is 56.3 Å². The van der Waals surface area contributed by atoms with Gasteiger partial charge in [0.05, 0.1) is 11.5 Å².